The fraction of sp³-hybridized carbons (Fsp3) is 0.882. The van der Waals surface area contributed by atoms with Crippen molar-refractivity contribution in [1.82, 2.24) is 0 Å². The van der Waals surface area contributed by atoms with Crippen molar-refractivity contribution >= 4 is 0 Å². The van der Waals surface area contributed by atoms with E-state index in [-0.39, 0.29) is 7.43 Å². The molecule has 0 heteroatoms. The van der Waals surface area contributed by atoms with Gasteiger partial charge in [0.25, 0.3) is 0 Å². The van der Waals surface area contributed by atoms with Crippen LogP contribution in [-0.2, 0) is 0 Å². The fourth-order valence-electron chi connectivity index (χ4n) is 8.94. The molecule has 0 saturated heterocycles. The Labute approximate surface area is 216 Å². The zero-order valence-corrected chi connectivity index (χ0v) is 24.6. The first-order valence-electron chi connectivity index (χ1n) is 14.5. The van der Waals surface area contributed by atoms with Crippen LogP contribution < -0.4 is 0 Å². The molecule has 8 atom stereocenters. The van der Waals surface area contributed by atoms with Gasteiger partial charge in [0.1, 0.15) is 0 Å². The first-order valence-corrected chi connectivity index (χ1v) is 14.5. The third-order valence-corrected chi connectivity index (χ3v) is 11.9. The van der Waals surface area contributed by atoms with E-state index in [9.17, 15) is 0 Å². The largest absolute Gasteiger partial charge is 0.100 e. The van der Waals surface area contributed by atoms with Crippen molar-refractivity contribution in [3.8, 4) is 0 Å². The Balaban J connectivity index is 0.000000873. The van der Waals surface area contributed by atoms with Crippen LogP contribution >= 0.6 is 0 Å². The van der Waals surface area contributed by atoms with Gasteiger partial charge in [0, 0.05) is 0 Å². The Bertz CT molecular complexity index is 682. The summed E-state index contributed by atoms with van der Waals surface area (Å²) in [6.45, 7) is 30.8. The first kappa shape index (κ1) is 31.5. The predicted molar refractivity (Wildman–Crippen MR) is 156 cm³/mol. The Morgan fingerprint density at radius 3 is 2.00 bits per heavy atom. The van der Waals surface area contributed by atoms with Gasteiger partial charge in [-0.25, -0.2) is 0 Å². The molecular formula is C34H64. The number of hydrogen-bond acceptors (Lipinski definition) is 0. The zero-order valence-electron chi connectivity index (χ0n) is 24.6. The molecular weight excluding hydrogens is 408 g/mol. The molecule has 8 unspecified atom stereocenters. The van der Waals surface area contributed by atoms with Crippen LogP contribution in [0.4, 0.5) is 0 Å². The van der Waals surface area contributed by atoms with Gasteiger partial charge in [-0.1, -0.05) is 93.9 Å². The summed E-state index contributed by atoms with van der Waals surface area (Å²) in [6, 6.07) is 0. The standard InChI is InChI=1S/C28H50.C5H10.CH4/c1-10-15-26(7)17-18-27(8)21(4)23(13-12-22(27)19-26)28(9)16-14-20(3)25(5,6)24(28)11-2;1-4-5(2)3;/h10,15,20-24H,11-14,16-19H2,1-9H3;2,4H2,1,3H3;1H4. The van der Waals surface area contributed by atoms with E-state index in [1.54, 1.807) is 0 Å². The topological polar surface area (TPSA) is 0 Å². The van der Waals surface area contributed by atoms with E-state index in [2.05, 4.69) is 88.0 Å². The zero-order chi connectivity index (χ0) is 25.2. The molecule has 3 saturated carbocycles. The molecule has 200 valence electrons. The molecule has 3 aliphatic rings. The Hall–Kier alpha value is -0.520. The van der Waals surface area contributed by atoms with Crippen molar-refractivity contribution in [2.24, 2.45) is 51.2 Å². The van der Waals surface area contributed by atoms with Gasteiger partial charge in [-0.15, -0.1) is 6.58 Å². The minimum Gasteiger partial charge on any atom is -0.100 e. The van der Waals surface area contributed by atoms with E-state index < -0.39 is 0 Å². The summed E-state index contributed by atoms with van der Waals surface area (Å²) in [5.41, 5.74) is 3.27. The molecule has 0 spiro atoms. The third-order valence-electron chi connectivity index (χ3n) is 11.9. The lowest BCUT2D eigenvalue weighted by Gasteiger charge is -2.64. The Morgan fingerprint density at radius 2 is 1.50 bits per heavy atom. The number of allylic oxidation sites excluding steroid dienone is 3. The van der Waals surface area contributed by atoms with Crippen molar-refractivity contribution in [3.05, 3.63) is 24.3 Å². The molecule has 0 bridgehead atoms. The fourth-order valence-corrected chi connectivity index (χ4v) is 8.94. The molecule has 3 rings (SSSR count). The van der Waals surface area contributed by atoms with E-state index in [1.165, 1.54) is 56.9 Å². The van der Waals surface area contributed by atoms with Crippen LogP contribution in [0, 0.1) is 51.2 Å². The van der Waals surface area contributed by atoms with E-state index in [1.807, 2.05) is 6.92 Å². The number of hydrogen-bond donors (Lipinski definition) is 0. The van der Waals surface area contributed by atoms with Gasteiger partial charge in [-0.2, -0.15) is 0 Å². The van der Waals surface area contributed by atoms with Gasteiger partial charge in [0.15, 0.2) is 0 Å². The van der Waals surface area contributed by atoms with Gasteiger partial charge < -0.3 is 0 Å². The lowest BCUT2D eigenvalue weighted by molar-refractivity contribution is -0.144. The van der Waals surface area contributed by atoms with Gasteiger partial charge >= 0.3 is 0 Å². The molecule has 0 aromatic carbocycles. The van der Waals surface area contributed by atoms with Crippen LogP contribution in [0.25, 0.3) is 0 Å². The van der Waals surface area contributed by atoms with Crippen LogP contribution in [0.2, 0.25) is 0 Å². The maximum absolute atomic E-state index is 3.67. The van der Waals surface area contributed by atoms with Crippen molar-refractivity contribution in [1.29, 1.82) is 0 Å². The van der Waals surface area contributed by atoms with E-state index in [0.717, 1.165) is 36.0 Å². The van der Waals surface area contributed by atoms with Crippen LogP contribution in [0.15, 0.2) is 24.3 Å². The second kappa shape index (κ2) is 11.7. The van der Waals surface area contributed by atoms with E-state index in [0.29, 0.717) is 21.7 Å². The molecule has 34 heavy (non-hydrogen) atoms. The lowest BCUT2D eigenvalue weighted by atomic mass is 9.41. The minimum atomic E-state index is 0. The van der Waals surface area contributed by atoms with Crippen molar-refractivity contribution in [3.63, 3.8) is 0 Å². The van der Waals surface area contributed by atoms with Crippen LogP contribution in [-0.4, -0.2) is 0 Å². The second-order valence-corrected chi connectivity index (χ2v) is 14.1. The summed E-state index contributed by atoms with van der Waals surface area (Å²) in [5.74, 6) is 4.44. The average molecular weight is 473 g/mol. The monoisotopic (exact) mass is 473 g/mol. The number of fused-ring (bicyclic) bond motifs is 1. The quantitative estimate of drug-likeness (QED) is 0.357. The summed E-state index contributed by atoms with van der Waals surface area (Å²) in [5, 5.41) is 0. The molecule has 0 aromatic heterocycles. The average Bonchev–Trinajstić information content (AvgIpc) is 2.74. The van der Waals surface area contributed by atoms with Gasteiger partial charge in [0.05, 0.1) is 0 Å². The second-order valence-electron chi connectivity index (χ2n) is 14.1. The van der Waals surface area contributed by atoms with Crippen molar-refractivity contribution < 1.29 is 0 Å². The third kappa shape index (κ3) is 5.89. The van der Waals surface area contributed by atoms with Crippen LogP contribution in [0.3, 0.4) is 0 Å². The van der Waals surface area contributed by atoms with Crippen LogP contribution in [0.1, 0.15) is 141 Å². The summed E-state index contributed by atoms with van der Waals surface area (Å²) in [7, 11) is 0. The molecule has 0 amide bonds. The highest BCUT2D eigenvalue weighted by Crippen LogP contribution is 2.67. The predicted octanol–water partition coefficient (Wildman–Crippen LogP) is 11.5. The summed E-state index contributed by atoms with van der Waals surface area (Å²) < 4.78 is 0. The summed E-state index contributed by atoms with van der Waals surface area (Å²) in [6.07, 6.45) is 17.4. The molecule has 3 aliphatic carbocycles. The van der Waals surface area contributed by atoms with Gasteiger partial charge in [-0.3, -0.25) is 0 Å². The SMILES string of the molecule is C.C=C(C)CC.CC=CC1(C)CCC2(C)C(CCC(C3(C)CCC(C)C(C)(C)C3CC)C2C)C1. The molecule has 0 aliphatic heterocycles. The molecule has 0 heterocycles. The maximum atomic E-state index is 3.67. The van der Waals surface area contributed by atoms with Crippen molar-refractivity contribution in [2.45, 2.75) is 141 Å². The highest BCUT2D eigenvalue weighted by molar-refractivity contribution is 5.10. The molecule has 0 radical (unpaired) electrons. The lowest BCUT2D eigenvalue weighted by Crippen LogP contribution is -2.56. The van der Waals surface area contributed by atoms with Crippen LogP contribution in [0.5, 0.6) is 0 Å². The minimum absolute atomic E-state index is 0. The maximum Gasteiger partial charge on any atom is -0.0144 e. The first-order chi connectivity index (χ1) is 15.2. The molecule has 0 nitrogen and oxygen atoms in total. The highest BCUT2D eigenvalue weighted by atomic mass is 14.6. The van der Waals surface area contributed by atoms with E-state index >= 15 is 0 Å². The highest BCUT2D eigenvalue weighted by Gasteiger charge is 2.58. The van der Waals surface area contributed by atoms with E-state index in [4.69, 9.17) is 0 Å². The Morgan fingerprint density at radius 1 is 0.912 bits per heavy atom. The number of rotatable bonds is 4. The Kier molecular flexibility index (Phi) is 10.8. The summed E-state index contributed by atoms with van der Waals surface area (Å²) >= 11 is 0. The van der Waals surface area contributed by atoms with Gasteiger partial charge in [0.2, 0.25) is 0 Å². The molecule has 0 N–H and O–H groups in total. The summed E-state index contributed by atoms with van der Waals surface area (Å²) in [4.78, 5) is 0. The smallest absolute Gasteiger partial charge is 0.0144 e. The normalized spacial score (nSPS) is 43.8. The van der Waals surface area contributed by atoms with Crippen molar-refractivity contribution in [2.75, 3.05) is 0 Å². The van der Waals surface area contributed by atoms with Gasteiger partial charge in [-0.05, 0) is 116 Å². The molecule has 3 fully saturated rings. The molecule has 0 aromatic rings.